The van der Waals surface area contributed by atoms with Crippen LogP contribution in [0.5, 0.6) is 5.75 Å². The molecule has 3 N–H and O–H groups in total. The van der Waals surface area contributed by atoms with Gasteiger partial charge in [-0.3, -0.25) is 4.79 Å². The van der Waals surface area contributed by atoms with Crippen molar-refractivity contribution in [1.82, 2.24) is 4.98 Å². The largest absolute Gasteiger partial charge is 0.497 e. The zero-order chi connectivity index (χ0) is 15.7. The van der Waals surface area contributed by atoms with E-state index in [2.05, 4.69) is 10.3 Å². The summed E-state index contributed by atoms with van der Waals surface area (Å²) in [5.41, 5.74) is 7.41. The van der Waals surface area contributed by atoms with Crippen LogP contribution in [0.1, 0.15) is 10.4 Å². The van der Waals surface area contributed by atoms with Crippen molar-refractivity contribution in [1.29, 1.82) is 0 Å². The van der Waals surface area contributed by atoms with E-state index in [1.807, 2.05) is 0 Å². The van der Waals surface area contributed by atoms with Crippen LogP contribution < -0.4 is 15.8 Å². The number of carbonyl (C=O) groups is 1. The van der Waals surface area contributed by atoms with Crippen LogP contribution in [0.3, 0.4) is 0 Å². The summed E-state index contributed by atoms with van der Waals surface area (Å²) in [6, 6.07) is 10.4. The van der Waals surface area contributed by atoms with Crippen molar-refractivity contribution in [3.63, 3.8) is 0 Å². The summed E-state index contributed by atoms with van der Waals surface area (Å²) in [6.45, 7) is 0. The zero-order valence-electron chi connectivity index (χ0n) is 11.6. The number of nitrogens with two attached hydrogens (primary N) is 1. The molecule has 0 fully saturated rings. The molecule has 5 nitrogen and oxygen atoms in total. The van der Waals surface area contributed by atoms with Crippen LogP contribution >= 0.6 is 22.9 Å². The van der Waals surface area contributed by atoms with Gasteiger partial charge in [0.2, 0.25) is 0 Å². The van der Waals surface area contributed by atoms with Crippen molar-refractivity contribution in [2.45, 2.75) is 0 Å². The number of thiazole rings is 1. The molecule has 1 amide bonds. The van der Waals surface area contributed by atoms with Gasteiger partial charge < -0.3 is 15.8 Å². The molecule has 0 saturated heterocycles. The molecule has 0 saturated carbocycles. The fraction of sp³-hybridized carbons (Fsp3) is 0.0667. The summed E-state index contributed by atoms with van der Waals surface area (Å²) in [5.74, 6) is 0.378. The smallest absolute Gasteiger partial charge is 0.255 e. The summed E-state index contributed by atoms with van der Waals surface area (Å²) in [6.07, 6.45) is 0. The number of hydrogen-bond donors (Lipinski definition) is 2. The fourth-order valence-electron chi connectivity index (χ4n) is 2.05. The standard InChI is InChI=1S/C15H12ClN3O2S/c1-21-10-4-2-3-8(5-10)14(20)18-9-6-11(16)13-12(7-9)22-15(17)19-13/h2-7H,1H3,(H2,17,19)(H,18,20). The van der Waals surface area contributed by atoms with Crippen LogP contribution in [0.4, 0.5) is 10.8 Å². The molecule has 3 aromatic rings. The quantitative estimate of drug-likeness (QED) is 0.764. The van der Waals surface area contributed by atoms with Gasteiger partial charge in [0.25, 0.3) is 5.91 Å². The van der Waals surface area contributed by atoms with Crippen molar-refractivity contribution in [3.8, 4) is 5.75 Å². The third-order valence-electron chi connectivity index (χ3n) is 3.05. The normalized spacial score (nSPS) is 10.6. The van der Waals surface area contributed by atoms with Gasteiger partial charge in [0.05, 0.1) is 16.8 Å². The Morgan fingerprint density at radius 1 is 1.36 bits per heavy atom. The molecule has 0 aliphatic rings. The number of aromatic nitrogens is 1. The van der Waals surface area contributed by atoms with E-state index in [0.717, 1.165) is 4.70 Å². The van der Waals surface area contributed by atoms with Gasteiger partial charge in [0, 0.05) is 11.3 Å². The van der Waals surface area contributed by atoms with E-state index in [1.54, 1.807) is 43.5 Å². The molecule has 3 rings (SSSR count). The fourth-order valence-corrected chi connectivity index (χ4v) is 3.16. The van der Waals surface area contributed by atoms with Crippen LogP contribution in [-0.4, -0.2) is 18.0 Å². The lowest BCUT2D eigenvalue weighted by Gasteiger charge is -2.07. The van der Waals surface area contributed by atoms with Crippen LogP contribution in [0.15, 0.2) is 36.4 Å². The summed E-state index contributed by atoms with van der Waals surface area (Å²) in [7, 11) is 1.55. The zero-order valence-corrected chi connectivity index (χ0v) is 13.2. The van der Waals surface area contributed by atoms with Crippen molar-refractivity contribution in [2.75, 3.05) is 18.2 Å². The number of benzene rings is 2. The van der Waals surface area contributed by atoms with Gasteiger partial charge >= 0.3 is 0 Å². The van der Waals surface area contributed by atoms with Crippen molar-refractivity contribution in [3.05, 3.63) is 47.0 Å². The maximum atomic E-state index is 12.3. The molecule has 0 aliphatic carbocycles. The molecule has 0 atom stereocenters. The van der Waals surface area contributed by atoms with Crippen LogP contribution in [-0.2, 0) is 0 Å². The second-order valence-electron chi connectivity index (χ2n) is 4.54. The van der Waals surface area contributed by atoms with E-state index >= 15 is 0 Å². The number of amides is 1. The lowest BCUT2D eigenvalue weighted by atomic mass is 10.2. The predicted molar refractivity (Wildman–Crippen MR) is 90.0 cm³/mol. The number of methoxy groups -OCH3 is 1. The minimum atomic E-state index is -0.244. The van der Waals surface area contributed by atoms with Crippen LogP contribution in [0, 0.1) is 0 Å². The Morgan fingerprint density at radius 2 is 2.18 bits per heavy atom. The topological polar surface area (TPSA) is 77.2 Å². The molecule has 0 spiro atoms. The van der Waals surface area contributed by atoms with Gasteiger partial charge in [0.1, 0.15) is 11.3 Å². The Bertz CT molecular complexity index is 863. The van der Waals surface area contributed by atoms with Crippen molar-refractivity contribution in [2.24, 2.45) is 0 Å². The van der Waals surface area contributed by atoms with E-state index in [-0.39, 0.29) is 5.91 Å². The highest BCUT2D eigenvalue weighted by molar-refractivity contribution is 7.22. The third kappa shape index (κ3) is 2.84. The molecule has 0 unspecified atom stereocenters. The average Bonchev–Trinajstić information content (AvgIpc) is 2.88. The summed E-state index contributed by atoms with van der Waals surface area (Å²) < 4.78 is 5.94. The lowest BCUT2D eigenvalue weighted by molar-refractivity contribution is 0.102. The number of nitrogen functional groups attached to an aromatic ring is 1. The highest BCUT2D eigenvalue weighted by Crippen LogP contribution is 2.32. The Balaban J connectivity index is 1.90. The molecule has 0 radical (unpaired) electrons. The molecule has 112 valence electrons. The second kappa shape index (κ2) is 5.82. The molecule has 1 heterocycles. The Kier molecular flexibility index (Phi) is 3.87. The molecular weight excluding hydrogens is 322 g/mol. The molecule has 0 aliphatic heterocycles. The minimum Gasteiger partial charge on any atom is -0.497 e. The minimum absolute atomic E-state index is 0.244. The van der Waals surface area contributed by atoms with Crippen LogP contribution in [0.25, 0.3) is 10.2 Å². The molecule has 0 bridgehead atoms. The average molecular weight is 334 g/mol. The van der Waals surface area contributed by atoms with E-state index < -0.39 is 0 Å². The van der Waals surface area contributed by atoms with Gasteiger partial charge in [-0.1, -0.05) is 29.0 Å². The molecule has 1 aromatic heterocycles. The van der Waals surface area contributed by atoms with Gasteiger partial charge in [0.15, 0.2) is 5.13 Å². The van der Waals surface area contributed by atoms with Gasteiger partial charge in [-0.15, -0.1) is 0 Å². The van der Waals surface area contributed by atoms with E-state index in [9.17, 15) is 4.79 Å². The number of carbonyl (C=O) groups excluding carboxylic acids is 1. The first-order chi connectivity index (χ1) is 10.6. The highest BCUT2D eigenvalue weighted by Gasteiger charge is 2.11. The first kappa shape index (κ1) is 14.6. The molecular formula is C15H12ClN3O2S. The molecule has 7 heteroatoms. The third-order valence-corrected chi connectivity index (χ3v) is 4.17. The lowest BCUT2D eigenvalue weighted by Crippen LogP contribution is -2.11. The Labute approximate surface area is 135 Å². The number of rotatable bonds is 3. The maximum Gasteiger partial charge on any atom is 0.255 e. The number of nitrogens with zero attached hydrogens (tertiary/aromatic N) is 1. The van der Waals surface area contributed by atoms with Crippen molar-refractivity contribution >= 4 is 49.9 Å². The van der Waals surface area contributed by atoms with Crippen molar-refractivity contribution < 1.29 is 9.53 Å². The van der Waals surface area contributed by atoms with Gasteiger partial charge in [-0.05, 0) is 30.3 Å². The van der Waals surface area contributed by atoms with E-state index in [4.69, 9.17) is 22.1 Å². The number of hydrogen-bond acceptors (Lipinski definition) is 5. The Hall–Kier alpha value is -2.31. The summed E-state index contributed by atoms with van der Waals surface area (Å²) in [5, 5.41) is 3.70. The first-order valence-electron chi connectivity index (χ1n) is 6.38. The first-order valence-corrected chi connectivity index (χ1v) is 7.57. The molecule has 22 heavy (non-hydrogen) atoms. The van der Waals surface area contributed by atoms with Crippen LogP contribution in [0.2, 0.25) is 5.02 Å². The monoisotopic (exact) mass is 333 g/mol. The van der Waals surface area contributed by atoms with Gasteiger partial charge in [-0.25, -0.2) is 4.98 Å². The number of ether oxygens (including phenoxy) is 1. The predicted octanol–water partition coefficient (Wildman–Crippen LogP) is 3.79. The van der Waals surface area contributed by atoms with E-state index in [0.29, 0.717) is 32.7 Å². The number of anilines is 2. The Morgan fingerprint density at radius 3 is 2.95 bits per heavy atom. The number of halogens is 1. The van der Waals surface area contributed by atoms with Gasteiger partial charge in [-0.2, -0.15) is 0 Å². The highest BCUT2D eigenvalue weighted by atomic mass is 35.5. The number of fused-ring (bicyclic) bond motifs is 1. The second-order valence-corrected chi connectivity index (χ2v) is 6.01. The SMILES string of the molecule is COc1cccc(C(=O)Nc2cc(Cl)c3nc(N)sc3c2)c1. The van der Waals surface area contributed by atoms with E-state index in [1.165, 1.54) is 11.3 Å². The summed E-state index contributed by atoms with van der Waals surface area (Å²) >= 11 is 7.49. The number of nitrogens with one attached hydrogen (secondary N) is 1. The summed E-state index contributed by atoms with van der Waals surface area (Å²) in [4.78, 5) is 16.4. The maximum absolute atomic E-state index is 12.3. The molecule has 2 aromatic carbocycles.